The Labute approximate surface area is 201 Å². The minimum Gasteiger partial charge on any atom is -0.372 e. The van der Waals surface area contributed by atoms with Gasteiger partial charge in [-0.05, 0) is 49.8 Å². The zero-order valence-corrected chi connectivity index (χ0v) is 19.3. The Morgan fingerprint density at radius 3 is 2.51 bits per heavy atom. The van der Waals surface area contributed by atoms with Crippen LogP contribution in [0.5, 0.6) is 0 Å². The van der Waals surface area contributed by atoms with Crippen LogP contribution in [0.25, 0.3) is 0 Å². The number of aryl methyl sites for hydroxylation is 1. The van der Waals surface area contributed by atoms with Crippen molar-refractivity contribution in [2.45, 2.75) is 32.5 Å². The lowest BCUT2D eigenvalue weighted by molar-refractivity contribution is -0.137. The molecule has 0 saturated carbocycles. The van der Waals surface area contributed by atoms with Gasteiger partial charge < -0.3 is 15.5 Å². The Bertz CT molecular complexity index is 1150. The predicted octanol–water partition coefficient (Wildman–Crippen LogP) is 2.88. The molecule has 2 saturated heterocycles. The van der Waals surface area contributed by atoms with Crippen LogP contribution in [-0.2, 0) is 17.5 Å². The smallest absolute Gasteiger partial charge is 0.372 e. The molecule has 3 heterocycles. The van der Waals surface area contributed by atoms with E-state index in [-0.39, 0.29) is 24.3 Å². The second-order valence-electron chi connectivity index (χ2n) is 9.13. The van der Waals surface area contributed by atoms with Crippen LogP contribution in [0, 0.1) is 29.1 Å². The molecule has 2 atom stereocenters. The highest BCUT2D eigenvalue weighted by Gasteiger charge is 2.43. The Morgan fingerprint density at radius 1 is 1.23 bits per heavy atom. The number of hydrogen-bond acceptors (Lipinski definition) is 5. The summed E-state index contributed by atoms with van der Waals surface area (Å²) < 4.78 is 41.8. The number of nitrogens with two attached hydrogens (primary N) is 1. The van der Waals surface area contributed by atoms with E-state index in [2.05, 4.69) is 5.10 Å². The standard InChI is InChI=1S/C24H27F3N6O2/c1-2-33-12-17(11-30-33)23(35)32-13-19(20(14-32)22(29)34)15-5-7-31(8-6-15)18-4-3-16(10-28)21(9-18)24(25,26)27/h3-4,9,11-12,15,19-20H,2,5-8,13-14H2,1H3,(H2,29,34)/t19-,20+/m0/s1. The van der Waals surface area contributed by atoms with E-state index >= 15 is 0 Å². The highest BCUT2D eigenvalue weighted by atomic mass is 19.4. The lowest BCUT2D eigenvalue weighted by Gasteiger charge is -2.37. The number of amides is 2. The van der Waals surface area contributed by atoms with Crippen LogP contribution in [0.1, 0.15) is 41.3 Å². The second-order valence-corrected chi connectivity index (χ2v) is 9.13. The predicted molar refractivity (Wildman–Crippen MR) is 121 cm³/mol. The molecule has 2 fully saturated rings. The lowest BCUT2D eigenvalue weighted by atomic mass is 9.78. The van der Waals surface area contributed by atoms with Crippen molar-refractivity contribution in [2.24, 2.45) is 23.5 Å². The van der Waals surface area contributed by atoms with Crippen LogP contribution in [0.3, 0.4) is 0 Å². The molecule has 8 nitrogen and oxygen atoms in total. The molecule has 1 aromatic heterocycles. The number of nitriles is 1. The van der Waals surface area contributed by atoms with Crippen molar-refractivity contribution in [3.63, 3.8) is 0 Å². The SMILES string of the molecule is CCn1cc(C(=O)N2C[C@@H](C(N)=O)[C@H](C3CCN(c4ccc(C#N)c(C(F)(F)F)c4)CC3)C2)cn1. The molecule has 11 heteroatoms. The zero-order valence-electron chi connectivity index (χ0n) is 19.3. The van der Waals surface area contributed by atoms with E-state index < -0.39 is 29.1 Å². The Balaban J connectivity index is 1.45. The van der Waals surface area contributed by atoms with Gasteiger partial charge in [0.2, 0.25) is 5.91 Å². The molecule has 2 N–H and O–H groups in total. The summed E-state index contributed by atoms with van der Waals surface area (Å²) in [6.07, 6.45) is -0.0946. The van der Waals surface area contributed by atoms with Gasteiger partial charge in [0.1, 0.15) is 0 Å². The first kappa shape index (κ1) is 24.6. The van der Waals surface area contributed by atoms with Gasteiger partial charge in [0, 0.05) is 44.6 Å². The van der Waals surface area contributed by atoms with Crippen LogP contribution in [0.2, 0.25) is 0 Å². The number of likely N-dealkylation sites (tertiary alicyclic amines) is 1. The number of anilines is 1. The van der Waals surface area contributed by atoms with Crippen molar-refractivity contribution in [1.82, 2.24) is 14.7 Å². The van der Waals surface area contributed by atoms with Gasteiger partial charge in [0.15, 0.2) is 0 Å². The van der Waals surface area contributed by atoms with E-state index in [1.54, 1.807) is 21.8 Å². The maximum atomic E-state index is 13.4. The molecule has 1 aromatic carbocycles. The number of hydrogen-bond donors (Lipinski definition) is 1. The van der Waals surface area contributed by atoms with Gasteiger partial charge in [0.05, 0.1) is 34.9 Å². The van der Waals surface area contributed by atoms with E-state index in [4.69, 9.17) is 11.0 Å². The number of alkyl halides is 3. The normalized spacial score (nSPS) is 21.2. The average Bonchev–Trinajstić information content (AvgIpc) is 3.51. The van der Waals surface area contributed by atoms with Crippen LogP contribution < -0.4 is 10.6 Å². The van der Waals surface area contributed by atoms with E-state index in [1.807, 2.05) is 11.8 Å². The summed E-state index contributed by atoms with van der Waals surface area (Å²) in [5.74, 6) is -1.09. The summed E-state index contributed by atoms with van der Waals surface area (Å²) in [4.78, 5) is 28.7. The first-order chi connectivity index (χ1) is 16.6. The molecular formula is C24H27F3N6O2. The van der Waals surface area contributed by atoms with Gasteiger partial charge in [-0.25, -0.2) is 0 Å². The molecule has 35 heavy (non-hydrogen) atoms. The number of piperidine rings is 1. The topological polar surface area (TPSA) is 108 Å². The van der Waals surface area contributed by atoms with Crippen LogP contribution >= 0.6 is 0 Å². The van der Waals surface area contributed by atoms with Gasteiger partial charge in [-0.3, -0.25) is 14.3 Å². The third kappa shape index (κ3) is 4.97. The van der Waals surface area contributed by atoms with E-state index in [1.165, 1.54) is 18.3 Å². The quantitative estimate of drug-likeness (QED) is 0.696. The number of rotatable bonds is 5. The Kier molecular flexibility index (Phi) is 6.74. The fraction of sp³-hybridized carbons (Fsp3) is 0.500. The van der Waals surface area contributed by atoms with Gasteiger partial charge in [-0.1, -0.05) is 0 Å². The van der Waals surface area contributed by atoms with Crippen LogP contribution in [0.15, 0.2) is 30.6 Å². The molecule has 2 amide bonds. The highest BCUT2D eigenvalue weighted by molar-refractivity contribution is 5.94. The number of primary amides is 1. The van der Waals surface area contributed by atoms with Gasteiger partial charge >= 0.3 is 6.18 Å². The summed E-state index contributed by atoms with van der Waals surface area (Å²) in [6.45, 7) is 4.23. The molecular weight excluding hydrogens is 461 g/mol. The highest BCUT2D eigenvalue weighted by Crippen LogP contribution is 2.39. The number of benzene rings is 1. The monoisotopic (exact) mass is 488 g/mol. The van der Waals surface area contributed by atoms with Gasteiger partial charge in [-0.15, -0.1) is 0 Å². The van der Waals surface area contributed by atoms with Crippen LogP contribution in [0.4, 0.5) is 18.9 Å². The van der Waals surface area contributed by atoms with Crippen molar-refractivity contribution in [3.05, 3.63) is 47.3 Å². The molecule has 0 unspecified atom stereocenters. The van der Waals surface area contributed by atoms with Crippen molar-refractivity contribution in [2.75, 3.05) is 31.1 Å². The molecule has 0 radical (unpaired) electrons. The molecule has 2 aromatic rings. The molecule has 186 valence electrons. The summed E-state index contributed by atoms with van der Waals surface area (Å²) in [6, 6.07) is 5.36. The van der Waals surface area contributed by atoms with E-state index in [0.717, 1.165) is 6.07 Å². The fourth-order valence-electron chi connectivity index (χ4n) is 5.25. The summed E-state index contributed by atoms with van der Waals surface area (Å²) in [5, 5.41) is 13.2. The number of nitrogens with zero attached hydrogens (tertiary/aromatic N) is 5. The molecule has 2 aliphatic heterocycles. The average molecular weight is 489 g/mol. The van der Waals surface area contributed by atoms with Gasteiger partial charge in [0.25, 0.3) is 5.91 Å². The maximum Gasteiger partial charge on any atom is 0.417 e. The van der Waals surface area contributed by atoms with E-state index in [0.29, 0.717) is 50.3 Å². The maximum absolute atomic E-state index is 13.4. The second kappa shape index (κ2) is 9.60. The third-order valence-corrected chi connectivity index (χ3v) is 7.16. The molecule has 4 rings (SSSR count). The van der Waals surface area contributed by atoms with E-state index in [9.17, 15) is 22.8 Å². The lowest BCUT2D eigenvalue weighted by Crippen LogP contribution is -2.40. The van der Waals surface area contributed by atoms with Crippen molar-refractivity contribution in [3.8, 4) is 6.07 Å². The summed E-state index contributed by atoms with van der Waals surface area (Å²) in [7, 11) is 0. The Hall–Kier alpha value is -3.55. The minimum atomic E-state index is -4.61. The Morgan fingerprint density at radius 2 is 1.94 bits per heavy atom. The fourth-order valence-corrected chi connectivity index (χ4v) is 5.25. The van der Waals surface area contributed by atoms with Gasteiger partial charge in [-0.2, -0.15) is 23.5 Å². The van der Waals surface area contributed by atoms with Crippen LogP contribution in [-0.4, -0.2) is 52.7 Å². The number of aromatic nitrogens is 2. The zero-order chi connectivity index (χ0) is 25.3. The number of carbonyl (C=O) groups is 2. The molecule has 2 aliphatic rings. The minimum absolute atomic E-state index is 0.105. The summed E-state index contributed by atoms with van der Waals surface area (Å²) >= 11 is 0. The molecule has 0 spiro atoms. The molecule has 0 bridgehead atoms. The first-order valence-electron chi connectivity index (χ1n) is 11.6. The van der Waals surface area contributed by atoms with Crippen molar-refractivity contribution in [1.29, 1.82) is 5.26 Å². The summed E-state index contributed by atoms with van der Waals surface area (Å²) in [5.41, 5.74) is 5.22. The number of carbonyl (C=O) groups excluding carboxylic acids is 2. The van der Waals surface area contributed by atoms with Crippen molar-refractivity contribution >= 4 is 17.5 Å². The molecule has 0 aliphatic carbocycles. The number of halogens is 3. The largest absolute Gasteiger partial charge is 0.417 e. The van der Waals surface area contributed by atoms with Crippen molar-refractivity contribution < 1.29 is 22.8 Å². The third-order valence-electron chi connectivity index (χ3n) is 7.16. The first-order valence-corrected chi connectivity index (χ1v) is 11.6.